The van der Waals surface area contributed by atoms with Crippen molar-refractivity contribution >= 4 is 36.4 Å². The number of aromatic nitrogens is 4. The predicted molar refractivity (Wildman–Crippen MR) is 121 cm³/mol. The van der Waals surface area contributed by atoms with E-state index < -0.39 is 13.7 Å². The Hall–Kier alpha value is -3.31. The molecule has 1 aliphatic carbocycles. The van der Waals surface area contributed by atoms with Gasteiger partial charge in [-0.3, -0.25) is 9.36 Å². The van der Waals surface area contributed by atoms with Crippen LogP contribution in [0, 0.1) is 5.92 Å². The van der Waals surface area contributed by atoms with Crippen LogP contribution in [0.1, 0.15) is 12.5 Å². The fourth-order valence-corrected chi connectivity index (χ4v) is 4.36. The maximum atomic E-state index is 12.5. The van der Waals surface area contributed by atoms with Crippen molar-refractivity contribution in [1.29, 1.82) is 0 Å². The van der Waals surface area contributed by atoms with Crippen molar-refractivity contribution in [2.75, 3.05) is 31.1 Å². The SMILES string of the molecule is CON(CC(=O)OP(N)(=O)OC[C@H]1C=C[C@@H](n2cnc3c(N)ncnc32)C1)c1ccccc1. The quantitative estimate of drug-likeness (QED) is 0.266. The summed E-state index contributed by atoms with van der Waals surface area (Å²) < 4.78 is 24.6. The second-order valence-corrected chi connectivity index (χ2v) is 8.91. The Morgan fingerprint density at radius 3 is 2.79 bits per heavy atom. The van der Waals surface area contributed by atoms with Crippen LogP contribution in [0.5, 0.6) is 0 Å². The zero-order chi connectivity index (χ0) is 23.4. The van der Waals surface area contributed by atoms with E-state index in [1.807, 2.05) is 22.8 Å². The van der Waals surface area contributed by atoms with E-state index in [1.165, 1.54) is 18.5 Å². The molecule has 4 rings (SSSR count). The molecule has 0 spiro atoms. The second-order valence-electron chi connectivity index (χ2n) is 7.38. The highest BCUT2D eigenvalue weighted by molar-refractivity contribution is 7.51. The molecule has 1 unspecified atom stereocenters. The molecule has 12 nitrogen and oxygen atoms in total. The molecule has 174 valence electrons. The first-order valence-corrected chi connectivity index (χ1v) is 11.7. The van der Waals surface area contributed by atoms with Gasteiger partial charge in [0.05, 0.1) is 31.8 Å². The van der Waals surface area contributed by atoms with E-state index in [-0.39, 0.29) is 25.1 Å². The first-order valence-electron chi connectivity index (χ1n) is 10.1. The normalized spacial score (nSPS) is 19.5. The molecule has 0 amide bonds. The number of hydroxylamine groups is 1. The van der Waals surface area contributed by atoms with Crippen LogP contribution in [0.15, 0.2) is 55.1 Å². The lowest BCUT2D eigenvalue weighted by molar-refractivity contribution is -0.134. The minimum absolute atomic E-state index is 0.0183. The van der Waals surface area contributed by atoms with E-state index in [0.29, 0.717) is 29.1 Å². The number of nitrogens with zero attached hydrogens (tertiary/aromatic N) is 5. The number of anilines is 2. The lowest BCUT2D eigenvalue weighted by Gasteiger charge is -2.22. The van der Waals surface area contributed by atoms with Gasteiger partial charge in [-0.25, -0.2) is 34.9 Å². The molecule has 0 radical (unpaired) electrons. The molecule has 3 atom stereocenters. The number of nitrogens with two attached hydrogens (primary N) is 2. The summed E-state index contributed by atoms with van der Waals surface area (Å²) in [4.78, 5) is 29.9. The van der Waals surface area contributed by atoms with Crippen LogP contribution in [0.25, 0.3) is 11.2 Å². The smallest absolute Gasteiger partial charge is 0.382 e. The molecule has 1 aliphatic rings. The third kappa shape index (κ3) is 5.37. The van der Waals surface area contributed by atoms with Gasteiger partial charge < -0.3 is 14.8 Å². The van der Waals surface area contributed by atoms with E-state index in [9.17, 15) is 9.36 Å². The maximum Gasteiger partial charge on any atom is 0.458 e. The summed E-state index contributed by atoms with van der Waals surface area (Å²) in [5, 5.41) is 1.29. The Labute approximate surface area is 189 Å². The Balaban J connectivity index is 1.29. The molecular weight excluding hydrogens is 449 g/mol. The highest BCUT2D eigenvalue weighted by atomic mass is 31.2. The summed E-state index contributed by atoms with van der Waals surface area (Å²) in [6.45, 7) is -0.292. The molecule has 2 aromatic heterocycles. The molecule has 3 aromatic rings. The lowest BCUT2D eigenvalue weighted by atomic mass is 10.1. The number of carbonyl (C=O) groups is 1. The fraction of sp³-hybridized carbons (Fsp3) is 0.300. The van der Waals surface area contributed by atoms with Gasteiger partial charge in [0, 0.05) is 5.92 Å². The van der Waals surface area contributed by atoms with E-state index >= 15 is 0 Å². The van der Waals surface area contributed by atoms with Gasteiger partial charge in [0.2, 0.25) is 0 Å². The first kappa shape index (κ1) is 22.9. The highest BCUT2D eigenvalue weighted by Gasteiger charge is 2.29. The maximum absolute atomic E-state index is 12.5. The van der Waals surface area contributed by atoms with Crippen molar-refractivity contribution in [3.05, 3.63) is 55.1 Å². The first-order chi connectivity index (χ1) is 15.9. The third-order valence-corrected chi connectivity index (χ3v) is 6.10. The average Bonchev–Trinajstić information content (AvgIpc) is 3.44. The van der Waals surface area contributed by atoms with E-state index in [4.69, 9.17) is 25.1 Å². The second kappa shape index (κ2) is 9.67. The number of hydrogen-bond donors (Lipinski definition) is 2. The summed E-state index contributed by atoms with van der Waals surface area (Å²) in [6, 6.07) is 8.88. The van der Waals surface area contributed by atoms with Gasteiger partial charge in [0.15, 0.2) is 11.5 Å². The van der Waals surface area contributed by atoms with Gasteiger partial charge in [0.1, 0.15) is 18.4 Å². The Kier molecular flexibility index (Phi) is 6.70. The molecule has 33 heavy (non-hydrogen) atoms. The standard InChI is InChI=1S/C20H24N7O5P/c1-30-27(15-5-3-2-4-6-15)10-17(28)32-33(22,29)31-11-14-7-8-16(9-14)26-13-25-18-19(21)23-12-24-20(18)26/h2-8,12-14,16H,9-11H2,1H3,(H2,22,29)(H2,21,23,24)/t14-,16+,33?/m0/s1. The molecule has 0 saturated carbocycles. The van der Waals surface area contributed by atoms with Crippen molar-refractivity contribution in [2.24, 2.45) is 11.4 Å². The minimum atomic E-state index is -4.11. The van der Waals surface area contributed by atoms with Gasteiger partial charge >= 0.3 is 13.7 Å². The van der Waals surface area contributed by atoms with Crippen LogP contribution in [0.3, 0.4) is 0 Å². The zero-order valence-corrected chi connectivity index (χ0v) is 18.7. The highest BCUT2D eigenvalue weighted by Crippen LogP contribution is 2.41. The molecule has 4 N–H and O–H groups in total. The number of allylic oxidation sites excluding steroid dienone is 1. The fourth-order valence-electron chi connectivity index (χ4n) is 3.56. The molecule has 0 aliphatic heterocycles. The number of imidazole rings is 1. The number of nitrogen functional groups attached to an aromatic ring is 1. The van der Waals surface area contributed by atoms with Crippen molar-refractivity contribution in [3.63, 3.8) is 0 Å². The van der Waals surface area contributed by atoms with E-state index in [0.717, 1.165) is 0 Å². The van der Waals surface area contributed by atoms with E-state index in [1.54, 1.807) is 30.6 Å². The Morgan fingerprint density at radius 2 is 2.03 bits per heavy atom. The number of carbonyl (C=O) groups excluding carboxylic acids is 1. The Morgan fingerprint density at radius 1 is 1.24 bits per heavy atom. The summed E-state index contributed by atoms with van der Waals surface area (Å²) in [7, 11) is -2.70. The number of fused-ring (bicyclic) bond motifs is 1. The molecule has 1 aromatic carbocycles. The van der Waals surface area contributed by atoms with Crippen molar-refractivity contribution in [1.82, 2.24) is 19.5 Å². The average molecular weight is 473 g/mol. The van der Waals surface area contributed by atoms with Gasteiger partial charge in [-0.2, -0.15) is 0 Å². The Bertz CT molecular complexity index is 1200. The van der Waals surface area contributed by atoms with Gasteiger partial charge in [-0.1, -0.05) is 30.4 Å². The summed E-state index contributed by atoms with van der Waals surface area (Å²) in [5.74, 6) is -0.624. The summed E-state index contributed by atoms with van der Waals surface area (Å²) in [5.41, 5.74) is 13.3. The lowest BCUT2D eigenvalue weighted by Crippen LogP contribution is -2.30. The molecule has 13 heteroatoms. The van der Waals surface area contributed by atoms with Crippen molar-refractivity contribution in [3.8, 4) is 0 Å². The number of rotatable bonds is 9. The largest absolute Gasteiger partial charge is 0.458 e. The van der Waals surface area contributed by atoms with Gasteiger partial charge in [-0.05, 0) is 18.6 Å². The minimum Gasteiger partial charge on any atom is -0.382 e. The van der Waals surface area contributed by atoms with Crippen LogP contribution < -0.4 is 16.3 Å². The van der Waals surface area contributed by atoms with Crippen LogP contribution in [0.2, 0.25) is 0 Å². The molecule has 0 saturated heterocycles. The van der Waals surface area contributed by atoms with Crippen molar-refractivity contribution < 1.29 is 23.2 Å². The van der Waals surface area contributed by atoms with Gasteiger partial charge in [0.25, 0.3) is 0 Å². The van der Waals surface area contributed by atoms with Crippen LogP contribution in [-0.4, -0.2) is 45.7 Å². The van der Waals surface area contributed by atoms with Gasteiger partial charge in [-0.15, -0.1) is 0 Å². The van der Waals surface area contributed by atoms with Crippen LogP contribution >= 0.6 is 7.75 Å². The molecule has 0 bridgehead atoms. The predicted octanol–water partition coefficient (Wildman–Crippen LogP) is 2.22. The van der Waals surface area contributed by atoms with Crippen molar-refractivity contribution in [2.45, 2.75) is 12.5 Å². The van der Waals surface area contributed by atoms with Crippen LogP contribution in [-0.2, 0) is 23.2 Å². The zero-order valence-electron chi connectivity index (χ0n) is 17.9. The van der Waals surface area contributed by atoms with Crippen LogP contribution in [0.4, 0.5) is 11.5 Å². The summed E-state index contributed by atoms with van der Waals surface area (Å²) in [6.07, 6.45) is 7.56. The monoisotopic (exact) mass is 473 g/mol. The molecule has 2 heterocycles. The summed E-state index contributed by atoms with van der Waals surface area (Å²) >= 11 is 0. The number of hydrogen-bond acceptors (Lipinski definition) is 10. The number of para-hydroxylation sites is 1. The topological polar surface area (TPSA) is 161 Å². The number of benzene rings is 1. The molecule has 0 fully saturated rings. The van der Waals surface area contributed by atoms with E-state index in [2.05, 4.69) is 15.0 Å². The third-order valence-electron chi connectivity index (χ3n) is 5.13. The molecular formula is C20H24N7O5P.